The van der Waals surface area contributed by atoms with Gasteiger partial charge in [-0.05, 0) is 11.6 Å². The fourth-order valence-corrected chi connectivity index (χ4v) is 4.08. The summed E-state index contributed by atoms with van der Waals surface area (Å²) >= 11 is 0. The number of benzene rings is 2. The van der Waals surface area contributed by atoms with E-state index in [4.69, 9.17) is 14.2 Å². The van der Waals surface area contributed by atoms with Crippen molar-refractivity contribution >= 4 is 12.1 Å². The lowest BCUT2D eigenvalue weighted by atomic mass is 9.91. The van der Waals surface area contributed by atoms with Crippen molar-refractivity contribution in [3.8, 4) is 11.5 Å². The van der Waals surface area contributed by atoms with Crippen LogP contribution in [-0.2, 0) is 16.1 Å². The van der Waals surface area contributed by atoms with Crippen molar-refractivity contribution in [2.24, 2.45) is 0 Å². The first-order valence-corrected chi connectivity index (χ1v) is 9.99. The first-order valence-electron chi connectivity index (χ1n) is 9.99. The van der Waals surface area contributed by atoms with E-state index in [1.54, 1.807) is 4.90 Å². The quantitative estimate of drug-likeness (QED) is 0.734. The third-order valence-corrected chi connectivity index (χ3v) is 5.85. The van der Waals surface area contributed by atoms with Gasteiger partial charge in [0.2, 0.25) is 6.29 Å². The molecule has 31 heavy (non-hydrogen) atoms. The van der Waals surface area contributed by atoms with Gasteiger partial charge in [-0.3, -0.25) is 0 Å². The number of aliphatic hydroxyl groups excluding tert-OH is 1. The predicted octanol–water partition coefficient (Wildman–Crippen LogP) is 2.93. The van der Waals surface area contributed by atoms with Crippen molar-refractivity contribution < 1.29 is 38.0 Å². The third kappa shape index (κ3) is 3.44. The van der Waals surface area contributed by atoms with Gasteiger partial charge in [-0.15, -0.1) is 0 Å². The van der Waals surface area contributed by atoms with Crippen LogP contribution >= 0.6 is 0 Å². The molecule has 1 fully saturated rings. The number of amides is 1. The average Bonchev–Trinajstić information content (AvgIpc) is 3.06. The Hall–Kier alpha value is -3.33. The number of aliphatic hydroxyl groups is 1. The molecule has 0 aliphatic carbocycles. The van der Waals surface area contributed by atoms with Crippen molar-refractivity contribution in [1.82, 2.24) is 4.90 Å². The van der Waals surface area contributed by atoms with Crippen LogP contribution in [0.15, 0.2) is 36.4 Å². The smallest absolute Gasteiger partial charge is 0.410 e. The first-order chi connectivity index (χ1) is 15.0. The Morgan fingerprint density at radius 2 is 2.00 bits per heavy atom. The molecule has 1 saturated heterocycles. The van der Waals surface area contributed by atoms with Gasteiger partial charge >= 0.3 is 12.1 Å². The van der Waals surface area contributed by atoms with Crippen LogP contribution in [0.4, 0.5) is 9.18 Å². The minimum atomic E-state index is -1.54. The minimum Gasteiger partial charge on any atom is -0.483 e. The number of piperidine rings is 1. The summed E-state index contributed by atoms with van der Waals surface area (Å²) in [4.78, 5) is 25.7. The van der Waals surface area contributed by atoms with Crippen LogP contribution in [0.25, 0.3) is 0 Å². The average molecular weight is 429 g/mol. The molecule has 1 N–H and O–H groups in total. The summed E-state index contributed by atoms with van der Waals surface area (Å²) in [7, 11) is 0. The Morgan fingerprint density at radius 3 is 2.74 bits per heavy atom. The molecule has 0 aromatic heterocycles. The Kier molecular flexibility index (Phi) is 4.70. The van der Waals surface area contributed by atoms with Gasteiger partial charge in [-0.25, -0.2) is 14.0 Å². The van der Waals surface area contributed by atoms with Crippen molar-refractivity contribution in [2.75, 3.05) is 19.7 Å². The topological polar surface area (TPSA) is 94.5 Å². The van der Waals surface area contributed by atoms with Crippen LogP contribution in [0.3, 0.4) is 0 Å². The van der Waals surface area contributed by atoms with Gasteiger partial charge in [0.25, 0.3) is 0 Å². The zero-order valence-electron chi connectivity index (χ0n) is 16.5. The maximum Gasteiger partial charge on any atom is 0.410 e. The van der Waals surface area contributed by atoms with E-state index in [2.05, 4.69) is 4.74 Å². The van der Waals surface area contributed by atoms with E-state index >= 15 is 0 Å². The molecule has 2 aromatic carbocycles. The zero-order valence-corrected chi connectivity index (χ0v) is 16.5. The fourth-order valence-electron chi connectivity index (χ4n) is 4.08. The second kappa shape index (κ2) is 7.42. The van der Waals surface area contributed by atoms with Crippen LogP contribution < -0.4 is 9.47 Å². The van der Waals surface area contributed by atoms with Gasteiger partial charge in [0.1, 0.15) is 24.4 Å². The Morgan fingerprint density at radius 1 is 1.26 bits per heavy atom. The van der Waals surface area contributed by atoms with E-state index in [1.165, 1.54) is 6.07 Å². The van der Waals surface area contributed by atoms with Crippen LogP contribution in [0.5, 0.6) is 11.5 Å². The molecule has 0 bridgehead atoms. The number of halogens is 1. The molecule has 0 radical (unpaired) electrons. The maximum atomic E-state index is 14.7. The van der Waals surface area contributed by atoms with Gasteiger partial charge in [0.15, 0.2) is 17.3 Å². The van der Waals surface area contributed by atoms with E-state index in [0.29, 0.717) is 25.9 Å². The number of likely N-dealkylation sites (tertiary alicyclic amines) is 1. The van der Waals surface area contributed by atoms with Gasteiger partial charge in [-0.1, -0.05) is 30.3 Å². The molecule has 0 saturated carbocycles. The van der Waals surface area contributed by atoms with Crippen LogP contribution in [0.1, 0.15) is 40.6 Å². The molecule has 1 amide bonds. The SMILES string of the molecule is O=C1OC(O)c2cc3c(c(F)c21)OCC1(CCN(C(=O)OCc2ccccc2)CC1)O3. The number of carbonyl (C=O) groups excluding carboxylic acids is 2. The molecule has 1 unspecified atom stereocenters. The lowest BCUT2D eigenvalue weighted by molar-refractivity contribution is -0.0577. The Labute approximate surface area is 177 Å². The lowest BCUT2D eigenvalue weighted by Crippen LogP contribution is -2.54. The molecular formula is C22H20FNO7. The van der Waals surface area contributed by atoms with Gasteiger partial charge in [0, 0.05) is 31.5 Å². The van der Waals surface area contributed by atoms with Gasteiger partial charge in [-0.2, -0.15) is 0 Å². The number of nitrogens with zero attached hydrogens (tertiary/aromatic N) is 1. The summed E-state index contributed by atoms with van der Waals surface area (Å²) in [5.41, 5.74) is -0.145. The minimum absolute atomic E-state index is 0.0174. The summed E-state index contributed by atoms with van der Waals surface area (Å²) in [6.07, 6.45) is -1.02. The molecule has 3 aliphatic heterocycles. The van der Waals surface area contributed by atoms with Crippen LogP contribution in [0, 0.1) is 5.82 Å². The number of esters is 1. The van der Waals surface area contributed by atoms with E-state index in [0.717, 1.165) is 5.56 Å². The molecule has 8 nitrogen and oxygen atoms in total. The highest BCUT2D eigenvalue weighted by Gasteiger charge is 2.45. The summed E-state index contributed by atoms with van der Waals surface area (Å²) in [6.45, 7) is 1.07. The summed E-state index contributed by atoms with van der Waals surface area (Å²) in [5, 5.41) is 9.84. The summed E-state index contributed by atoms with van der Waals surface area (Å²) in [6, 6.07) is 10.8. The Balaban J connectivity index is 1.25. The third-order valence-electron chi connectivity index (χ3n) is 5.85. The number of hydrogen-bond acceptors (Lipinski definition) is 7. The molecule has 1 spiro atoms. The number of hydrogen-bond donors (Lipinski definition) is 1. The van der Waals surface area contributed by atoms with Crippen molar-refractivity contribution in [3.05, 3.63) is 58.9 Å². The molecule has 9 heteroatoms. The van der Waals surface area contributed by atoms with Gasteiger partial charge in [0.05, 0.1) is 0 Å². The molecule has 3 aliphatic rings. The van der Waals surface area contributed by atoms with Crippen LogP contribution in [0.2, 0.25) is 0 Å². The van der Waals surface area contributed by atoms with Crippen molar-refractivity contribution in [3.63, 3.8) is 0 Å². The number of fused-ring (bicyclic) bond motifs is 2. The molecule has 162 valence electrons. The summed E-state index contributed by atoms with van der Waals surface area (Å²) < 4.78 is 36.5. The number of ether oxygens (including phenoxy) is 4. The number of rotatable bonds is 2. The maximum absolute atomic E-state index is 14.7. The number of cyclic esters (lactones) is 1. The number of carbonyl (C=O) groups is 2. The largest absolute Gasteiger partial charge is 0.483 e. The molecule has 2 aromatic rings. The van der Waals surface area contributed by atoms with Crippen molar-refractivity contribution in [2.45, 2.75) is 31.3 Å². The normalized spacial score (nSPS) is 20.9. The van der Waals surface area contributed by atoms with Crippen LogP contribution in [-0.4, -0.2) is 47.4 Å². The highest BCUT2D eigenvalue weighted by Crippen LogP contribution is 2.46. The van der Waals surface area contributed by atoms with E-state index < -0.39 is 29.8 Å². The Bertz CT molecular complexity index is 1030. The van der Waals surface area contributed by atoms with E-state index in [9.17, 15) is 19.1 Å². The second-order valence-corrected chi connectivity index (χ2v) is 7.84. The second-order valence-electron chi connectivity index (χ2n) is 7.84. The standard InChI is InChI=1S/C22H20FNO7/c23-17-16-14(19(25)30-20(16)26)10-15-18(17)29-12-22(31-15)6-8-24(9-7-22)21(27)28-11-13-4-2-1-3-5-13/h1-5,10,19,25H,6-9,11-12H2. The highest BCUT2D eigenvalue weighted by molar-refractivity contribution is 5.95. The lowest BCUT2D eigenvalue weighted by Gasteiger charge is -2.43. The van der Waals surface area contributed by atoms with E-state index in [-0.39, 0.29) is 35.8 Å². The fraction of sp³-hybridized carbons (Fsp3) is 0.364. The molecule has 5 rings (SSSR count). The van der Waals surface area contributed by atoms with Crippen molar-refractivity contribution in [1.29, 1.82) is 0 Å². The first kappa shape index (κ1) is 19.6. The molecular weight excluding hydrogens is 409 g/mol. The monoisotopic (exact) mass is 429 g/mol. The highest BCUT2D eigenvalue weighted by atomic mass is 19.1. The predicted molar refractivity (Wildman–Crippen MR) is 103 cm³/mol. The molecule has 1 atom stereocenters. The zero-order chi connectivity index (χ0) is 21.6. The van der Waals surface area contributed by atoms with E-state index in [1.807, 2.05) is 30.3 Å². The summed E-state index contributed by atoms with van der Waals surface area (Å²) in [5.74, 6) is -1.89. The van der Waals surface area contributed by atoms with Gasteiger partial charge < -0.3 is 29.0 Å². The molecule has 3 heterocycles.